The van der Waals surface area contributed by atoms with Gasteiger partial charge in [0.2, 0.25) is 0 Å². The van der Waals surface area contributed by atoms with Crippen LogP contribution in [0, 0.1) is 0 Å². The summed E-state index contributed by atoms with van der Waals surface area (Å²) in [5.41, 5.74) is 6.49. The normalized spacial score (nSPS) is 15.1. The quantitative estimate of drug-likeness (QED) is 0.803. The molecule has 0 atom stereocenters. The molecule has 0 radical (unpaired) electrons. The van der Waals surface area contributed by atoms with Crippen molar-refractivity contribution in [1.82, 2.24) is 4.98 Å². The molecule has 0 spiro atoms. The van der Waals surface area contributed by atoms with Gasteiger partial charge in [0.1, 0.15) is 11.0 Å². The van der Waals surface area contributed by atoms with Gasteiger partial charge in [-0.05, 0) is 25.3 Å². The Morgan fingerprint density at radius 3 is 2.81 bits per heavy atom. The van der Waals surface area contributed by atoms with Crippen LogP contribution >= 0.6 is 11.6 Å². The first kappa shape index (κ1) is 11.5. The topological polar surface area (TPSA) is 42.1 Å². The van der Waals surface area contributed by atoms with Crippen molar-refractivity contribution >= 4 is 23.1 Å². The maximum atomic E-state index is 5.94. The molecule has 1 aromatic heterocycles. The highest BCUT2D eigenvalue weighted by atomic mass is 35.5. The zero-order valence-corrected chi connectivity index (χ0v) is 10.4. The Morgan fingerprint density at radius 2 is 2.25 bits per heavy atom. The number of nitrogen functional groups attached to an aromatic ring is 1. The molecule has 16 heavy (non-hydrogen) atoms. The SMILES string of the molecule is CCCCN(c1cc(N)cc(Cl)n1)C1CC1. The number of nitrogens with two attached hydrogens (primary N) is 1. The molecule has 1 aliphatic carbocycles. The molecule has 1 fully saturated rings. The molecule has 0 bridgehead atoms. The molecule has 0 amide bonds. The Bertz CT molecular complexity index is 343. The van der Waals surface area contributed by atoms with Gasteiger partial charge in [-0.15, -0.1) is 0 Å². The van der Waals surface area contributed by atoms with E-state index in [4.69, 9.17) is 17.3 Å². The molecular formula is C12H18ClN3. The summed E-state index contributed by atoms with van der Waals surface area (Å²) in [4.78, 5) is 6.70. The molecule has 3 nitrogen and oxygen atoms in total. The molecule has 88 valence electrons. The largest absolute Gasteiger partial charge is 0.399 e. The van der Waals surface area contributed by atoms with Crippen LogP contribution in [0.25, 0.3) is 0 Å². The van der Waals surface area contributed by atoms with E-state index in [2.05, 4.69) is 16.8 Å². The lowest BCUT2D eigenvalue weighted by molar-refractivity contribution is 0.705. The molecular weight excluding hydrogens is 222 g/mol. The van der Waals surface area contributed by atoms with Crippen LogP contribution in [0.2, 0.25) is 5.15 Å². The lowest BCUT2D eigenvalue weighted by Crippen LogP contribution is -2.27. The number of aromatic nitrogens is 1. The standard InChI is InChI=1S/C12H18ClN3/c1-2-3-6-16(10-4-5-10)12-8-9(14)7-11(13)15-12/h7-8,10H,2-6H2,1H3,(H2,14,15). The van der Waals surface area contributed by atoms with E-state index in [1.807, 2.05) is 6.07 Å². The zero-order chi connectivity index (χ0) is 11.5. The molecule has 0 aliphatic heterocycles. The summed E-state index contributed by atoms with van der Waals surface area (Å²) in [5.74, 6) is 0.931. The van der Waals surface area contributed by atoms with Crippen molar-refractivity contribution in [2.24, 2.45) is 0 Å². The van der Waals surface area contributed by atoms with Crippen LogP contribution in [-0.2, 0) is 0 Å². The number of nitrogens with zero attached hydrogens (tertiary/aromatic N) is 2. The summed E-state index contributed by atoms with van der Waals surface area (Å²) in [6.45, 7) is 3.25. The summed E-state index contributed by atoms with van der Waals surface area (Å²) in [7, 11) is 0. The Hall–Kier alpha value is -0.960. The number of hydrogen-bond donors (Lipinski definition) is 1. The molecule has 4 heteroatoms. The molecule has 2 rings (SSSR count). The van der Waals surface area contributed by atoms with Crippen molar-refractivity contribution < 1.29 is 0 Å². The van der Waals surface area contributed by atoms with Crippen LogP contribution in [0.4, 0.5) is 11.5 Å². The van der Waals surface area contributed by atoms with Gasteiger partial charge >= 0.3 is 0 Å². The number of pyridine rings is 1. The maximum absolute atomic E-state index is 5.94. The van der Waals surface area contributed by atoms with Crippen LogP contribution in [0.1, 0.15) is 32.6 Å². The second-order valence-corrected chi connectivity index (χ2v) is 4.75. The molecule has 0 aromatic carbocycles. The van der Waals surface area contributed by atoms with Gasteiger partial charge in [0, 0.05) is 24.3 Å². The van der Waals surface area contributed by atoms with Crippen molar-refractivity contribution in [3.8, 4) is 0 Å². The van der Waals surface area contributed by atoms with Gasteiger partial charge in [-0.2, -0.15) is 0 Å². The zero-order valence-electron chi connectivity index (χ0n) is 9.62. The van der Waals surface area contributed by atoms with Gasteiger partial charge in [0.25, 0.3) is 0 Å². The van der Waals surface area contributed by atoms with E-state index in [1.54, 1.807) is 6.07 Å². The van der Waals surface area contributed by atoms with Gasteiger partial charge < -0.3 is 10.6 Å². The van der Waals surface area contributed by atoms with Gasteiger partial charge in [0.05, 0.1) is 0 Å². The number of rotatable bonds is 5. The summed E-state index contributed by atoms with van der Waals surface area (Å²) < 4.78 is 0. The lowest BCUT2D eigenvalue weighted by Gasteiger charge is -2.23. The van der Waals surface area contributed by atoms with Crippen molar-refractivity contribution in [1.29, 1.82) is 0 Å². The third-order valence-corrected chi connectivity index (χ3v) is 3.03. The number of hydrogen-bond acceptors (Lipinski definition) is 3. The number of anilines is 2. The molecule has 1 aromatic rings. The Balaban J connectivity index is 2.16. The smallest absolute Gasteiger partial charge is 0.133 e. The minimum atomic E-state index is 0.483. The number of unbranched alkanes of at least 4 members (excludes halogenated alkanes) is 1. The Morgan fingerprint density at radius 1 is 1.50 bits per heavy atom. The number of halogens is 1. The van der Waals surface area contributed by atoms with E-state index in [-0.39, 0.29) is 0 Å². The van der Waals surface area contributed by atoms with E-state index >= 15 is 0 Å². The minimum Gasteiger partial charge on any atom is -0.399 e. The Kier molecular flexibility index (Phi) is 3.54. The van der Waals surface area contributed by atoms with Crippen molar-refractivity contribution in [3.63, 3.8) is 0 Å². The Labute approximate surface area is 102 Å². The molecule has 1 aliphatic rings. The van der Waals surface area contributed by atoms with Crippen LogP contribution in [0.3, 0.4) is 0 Å². The molecule has 0 saturated heterocycles. The van der Waals surface area contributed by atoms with Gasteiger partial charge in [-0.3, -0.25) is 0 Å². The van der Waals surface area contributed by atoms with Crippen molar-refractivity contribution in [3.05, 3.63) is 17.3 Å². The van der Waals surface area contributed by atoms with E-state index in [9.17, 15) is 0 Å². The van der Waals surface area contributed by atoms with E-state index in [0.717, 1.165) is 12.4 Å². The summed E-state index contributed by atoms with van der Waals surface area (Å²) in [5, 5.41) is 0.483. The summed E-state index contributed by atoms with van der Waals surface area (Å²) >= 11 is 5.94. The lowest BCUT2D eigenvalue weighted by atomic mass is 10.3. The first-order chi connectivity index (χ1) is 7.70. The molecule has 2 N–H and O–H groups in total. The average Bonchev–Trinajstić information content (AvgIpc) is 3.01. The van der Waals surface area contributed by atoms with E-state index < -0.39 is 0 Å². The van der Waals surface area contributed by atoms with Gasteiger partial charge in [-0.1, -0.05) is 24.9 Å². The first-order valence-electron chi connectivity index (χ1n) is 5.90. The summed E-state index contributed by atoms with van der Waals surface area (Å²) in [6.07, 6.45) is 4.90. The second-order valence-electron chi connectivity index (χ2n) is 4.36. The molecule has 1 heterocycles. The molecule has 1 saturated carbocycles. The van der Waals surface area contributed by atoms with E-state index in [0.29, 0.717) is 16.9 Å². The first-order valence-corrected chi connectivity index (χ1v) is 6.28. The second kappa shape index (κ2) is 4.91. The minimum absolute atomic E-state index is 0.483. The maximum Gasteiger partial charge on any atom is 0.133 e. The van der Waals surface area contributed by atoms with Gasteiger partial charge in [-0.25, -0.2) is 4.98 Å². The fraction of sp³-hybridized carbons (Fsp3) is 0.583. The van der Waals surface area contributed by atoms with E-state index in [1.165, 1.54) is 25.7 Å². The van der Waals surface area contributed by atoms with Crippen LogP contribution in [0.15, 0.2) is 12.1 Å². The molecule has 0 unspecified atom stereocenters. The van der Waals surface area contributed by atoms with Crippen molar-refractivity contribution in [2.75, 3.05) is 17.2 Å². The third kappa shape index (κ3) is 2.79. The highest BCUT2D eigenvalue weighted by Crippen LogP contribution is 2.32. The fourth-order valence-electron chi connectivity index (χ4n) is 1.85. The fourth-order valence-corrected chi connectivity index (χ4v) is 2.06. The van der Waals surface area contributed by atoms with Crippen LogP contribution in [-0.4, -0.2) is 17.6 Å². The third-order valence-electron chi connectivity index (χ3n) is 2.84. The average molecular weight is 240 g/mol. The highest BCUT2D eigenvalue weighted by Gasteiger charge is 2.29. The van der Waals surface area contributed by atoms with Crippen LogP contribution in [0.5, 0.6) is 0 Å². The summed E-state index contributed by atoms with van der Waals surface area (Å²) in [6, 6.07) is 4.26. The highest BCUT2D eigenvalue weighted by molar-refractivity contribution is 6.29. The monoisotopic (exact) mass is 239 g/mol. The van der Waals surface area contributed by atoms with Crippen LogP contribution < -0.4 is 10.6 Å². The predicted octanol–water partition coefficient (Wildman–Crippen LogP) is 3.09. The van der Waals surface area contributed by atoms with Gasteiger partial charge in [0.15, 0.2) is 0 Å². The predicted molar refractivity (Wildman–Crippen MR) is 68.9 cm³/mol. The van der Waals surface area contributed by atoms with Crippen molar-refractivity contribution in [2.45, 2.75) is 38.6 Å².